The number of nitrogens with one attached hydrogen (secondary N) is 1. The Kier molecular flexibility index (Phi) is 7.82. The first kappa shape index (κ1) is 14.9. The van der Waals surface area contributed by atoms with Crippen molar-refractivity contribution in [3.05, 3.63) is 0 Å². The minimum absolute atomic E-state index is 0.666. The lowest BCUT2D eigenvalue weighted by Gasteiger charge is -2.32. The van der Waals surface area contributed by atoms with E-state index in [0.29, 0.717) is 6.04 Å². The summed E-state index contributed by atoms with van der Waals surface area (Å²) in [6.07, 6.45) is 5.29. The van der Waals surface area contributed by atoms with Crippen molar-refractivity contribution < 1.29 is 4.74 Å². The van der Waals surface area contributed by atoms with Crippen LogP contribution < -0.4 is 5.32 Å². The second-order valence-corrected chi connectivity index (χ2v) is 5.37. The predicted molar refractivity (Wildman–Crippen MR) is 73.4 cm³/mol. The Hall–Kier alpha value is -0.120. The van der Waals surface area contributed by atoms with Crippen LogP contribution in [0.15, 0.2) is 0 Å². The molecule has 0 saturated carbocycles. The molecule has 17 heavy (non-hydrogen) atoms. The molecule has 2 unspecified atom stereocenters. The first-order valence-corrected chi connectivity index (χ1v) is 7.21. The number of methoxy groups -OCH3 is 1. The zero-order chi connectivity index (χ0) is 12.5. The van der Waals surface area contributed by atoms with E-state index in [1.807, 2.05) is 7.11 Å². The Balaban J connectivity index is 2.09. The second-order valence-electron chi connectivity index (χ2n) is 5.37. The van der Waals surface area contributed by atoms with Crippen molar-refractivity contribution >= 4 is 0 Å². The maximum absolute atomic E-state index is 5.27. The highest BCUT2D eigenvalue weighted by Crippen LogP contribution is 2.17. The standard InChI is InChI=1S/C14H30N2O/c1-4-15-13(2)7-5-9-16-10-6-8-14(11-16)12-17-3/h13-15H,4-12H2,1-3H3. The zero-order valence-electron chi connectivity index (χ0n) is 11.9. The van der Waals surface area contributed by atoms with Crippen LogP contribution in [0.3, 0.4) is 0 Å². The molecule has 102 valence electrons. The number of likely N-dealkylation sites (tertiary alicyclic amines) is 1. The van der Waals surface area contributed by atoms with Crippen LogP contribution in [0, 0.1) is 5.92 Å². The Bertz CT molecular complexity index is 185. The van der Waals surface area contributed by atoms with Crippen molar-refractivity contribution in [1.29, 1.82) is 0 Å². The molecule has 2 atom stereocenters. The third-order valence-electron chi connectivity index (χ3n) is 3.67. The smallest absolute Gasteiger partial charge is 0.0502 e. The van der Waals surface area contributed by atoms with Crippen LogP contribution in [0.4, 0.5) is 0 Å². The van der Waals surface area contributed by atoms with E-state index in [4.69, 9.17) is 4.74 Å². The van der Waals surface area contributed by atoms with E-state index in [9.17, 15) is 0 Å². The maximum atomic E-state index is 5.27. The van der Waals surface area contributed by atoms with Gasteiger partial charge in [0.2, 0.25) is 0 Å². The molecule has 1 heterocycles. The molecule has 0 spiro atoms. The molecule has 3 nitrogen and oxygen atoms in total. The van der Waals surface area contributed by atoms with Gasteiger partial charge in [-0.3, -0.25) is 0 Å². The monoisotopic (exact) mass is 242 g/mol. The van der Waals surface area contributed by atoms with Crippen molar-refractivity contribution in [2.45, 2.75) is 45.6 Å². The SMILES string of the molecule is CCNC(C)CCCN1CCCC(COC)C1. The number of ether oxygens (including phenoxy) is 1. The van der Waals surface area contributed by atoms with Crippen molar-refractivity contribution in [2.24, 2.45) is 5.92 Å². The summed E-state index contributed by atoms with van der Waals surface area (Å²) >= 11 is 0. The van der Waals surface area contributed by atoms with Gasteiger partial charge in [0.25, 0.3) is 0 Å². The molecular weight excluding hydrogens is 212 g/mol. The highest BCUT2D eigenvalue weighted by molar-refractivity contribution is 4.73. The van der Waals surface area contributed by atoms with Gasteiger partial charge in [-0.1, -0.05) is 6.92 Å². The number of rotatable bonds is 8. The van der Waals surface area contributed by atoms with Crippen molar-refractivity contribution in [1.82, 2.24) is 10.2 Å². The fourth-order valence-corrected chi connectivity index (χ4v) is 2.80. The normalized spacial score (nSPS) is 23.8. The van der Waals surface area contributed by atoms with Gasteiger partial charge < -0.3 is 15.0 Å². The summed E-state index contributed by atoms with van der Waals surface area (Å²) in [6, 6.07) is 0.666. The van der Waals surface area contributed by atoms with Gasteiger partial charge >= 0.3 is 0 Å². The van der Waals surface area contributed by atoms with Gasteiger partial charge in [0.15, 0.2) is 0 Å². The van der Waals surface area contributed by atoms with Gasteiger partial charge in [0, 0.05) is 19.7 Å². The minimum Gasteiger partial charge on any atom is -0.384 e. The van der Waals surface area contributed by atoms with Crippen molar-refractivity contribution in [3.8, 4) is 0 Å². The molecule has 1 saturated heterocycles. The summed E-state index contributed by atoms with van der Waals surface area (Å²) in [5.74, 6) is 0.764. The molecule has 0 aromatic carbocycles. The largest absolute Gasteiger partial charge is 0.384 e. The third kappa shape index (κ3) is 6.39. The van der Waals surface area contributed by atoms with Crippen molar-refractivity contribution in [2.75, 3.05) is 39.9 Å². The van der Waals surface area contributed by atoms with Gasteiger partial charge in [0.1, 0.15) is 0 Å². The molecule has 3 heteroatoms. The van der Waals surface area contributed by atoms with Gasteiger partial charge in [-0.15, -0.1) is 0 Å². The first-order chi connectivity index (χ1) is 8.26. The van der Waals surface area contributed by atoms with E-state index >= 15 is 0 Å². The van der Waals surface area contributed by atoms with Gasteiger partial charge in [-0.25, -0.2) is 0 Å². The molecule has 1 aliphatic rings. The molecule has 1 fully saturated rings. The Morgan fingerprint density at radius 3 is 3.00 bits per heavy atom. The minimum atomic E-state index is 0.666. The summed E-state index contributed by atoms with van der Waals surface area (Å²) in [5.41, 5.74) is 0. The van der Waals surface area contributed by atoms with E-state index in [0.717, 1.165) is 19.1 Å². The van der Waals surface area contributed by atoms with Gasteiger partial charge in [-0.05, 0) is 58.2 Å². The van der Waals surface area contributed by atoms with Crippen LogP contribution in [-0.4, -0.2) is 50.8 Å². The first-order valence-electron chi connectivity index (χ1n) is 7.21. The van der Waals surface area contributed by atoms with Crippen LogP contribution in [0.1, 0.15) is 39.5 Å². The number of piperidine rings is 1. The number of nitrogens with zero attached hydrogens (tertiary/aromatic N) is 1. The summed E-state index contributed by atoms with van der Waals surface area (Å²) in [7, 11) is 1.82. The molecule has 1 aliphatic heterocycles. The lowest BCUT2D eigenvalue weighted by molar-refractivity contribution is 0.0895. The summed E-state index contributed by atoms with van der Waals surface area (Å²) in [5, 5.41) is 3.47. The average molecular weight is 242 g/mol. The average Bonchev–Trinajstić information content (AvgIpc) is 2.30. The molecule has 1 N–H and O–H groups in total. The lowest BCUT2D eigenvalue weighted by atomic mass is 9.98. The van der Waals surface area contributed by atoms with E-state index in [2.05, 4.69) is 24.1 Å². The summed E-state index contributed by atoms with van der Waals surface area (Å²) in [4.78, 5) is 2.62. The van der Waals surface area contributed by atoms with E-state index in [1.165, 1.54) is 45.3 Å². The molecule has 0 aromatic rings. The Morgan fingerprint density at radius 2 is 2.29 bits per heavy atom. The van der Waals surface area contributed by atoms with E-state index < -0.39 is 0 Å². The molecule has 0 amide bonds. The van der Waals surface area contributed by atoms with Crippen LogP contribution in [0.2, 0.25) is 0 Å². The highest BCUT2D eigenvalue weighted by atomic mass is 16.5. The molecule has 0 aromatic heterocycles. The van der Waals surface area contributed by atoms with Crippen molar-refractivity contribution in [3.63, 3.8) is 0 Å². The van der Waals surface area contributed by atoms with Crippen LogP contribution in [0.5, 0.6) is 0 Å². The van der Waals surface area contributed by atoms with Crippen LogP contribution in [0.25, 0.3) is 0 Å². The number of hydrogen-bond acceptors (Lipinski definition) is 3. The summed E-state index contributed by atoms with van der Waals surface area (Å²) in [6.45, 7) is 10.3. The topological polar surface area (TPSA) is 24.5 Å². The molecule has 0 aliphatic carbocycles. The van der Waals surface area contributed by atoms with Crippen LogP contribution in [-0.2, 0) is 4.74 Å². The zero-order valence-corrected chi connectivity index (χ0v) is 11.9. The van der Waals surface area contributed by atoms with Gasteiger partial charge in [-0.2, -0.15) is 0 Å². The molecule has 0 radical (unpaired) electrons. The van der Waals surface area contributed by atoms with Gasteiger partial charge in [0.05, 0.1) is 6.61 Å². The highest BCUT2D eigenvalue weighted by Gasteiger charge is 2.19. The van der Waals surface area contributed by atoms with Crippen LogP contribution >= 0.6 is 0 Å². The second kappa shape index (κ2) is 8.90. The maximum Gasteiger partial charge on any atom is 0.0502 e. The molecule has 1 rings (SSSR count). The fourth-order valence-electron chi connectivity index (χ4n) is 2.80. The molecular formula is C14H30N2O. The molecule has 0 bridgehead atoms. The quantitative estimate of drug-likeness (QED) is 0.705. The van der Waals surface area contributed by atoms with E-state index in [-0.39, 0.29) is 0 Å². The summed E-state index contributed by atoms with van der Waals surface area (Å²) < 4.78 is 5.27. The third-order valence-corrected chi connectivity index (χ3v) is 3.67. The predicted octanol–water partition coefficient (Wildman–Crippen LogP) is 2.12. The number of hydrogen-bond donors (Lipinski definition) is 1. The fraction of sp³-hybridized carbons (Fsp3) is 1.00. The van der Waals surface area contributed by atoms with E-state index in [1.54, 1.807) is 0 Å². The Morgan fingerprint density at radius 1 is 1.47 bits per heavy atom. The lowest BCUT2D eigenvalue weighted by Crippen LogP contribution is -2.38. The Labute approximate surface area is 107 Å².